The molecule has 0 spiro atoms. The van der Waals surface area contributed by atoms with E-state index in [-0.39, 0.29) is 0 Å². The molecule has 6 heavy (non-hydrogen) atoms. The molecule has 1 rings (SSSR count). The molecule has 1 aliphatic rings. The molecule has 1 aliphatic heterocycles. The molecule has 1 heteroatoms. The zero-order valence-electron chi connectivity index (χ0n) is 3.74. The highest BCUT2D eigenvalue weighted by Crippen LogP contribution is 2.05. The number of rotatable bonds is 0. The minimum atomic E-state index is 0.792. The Morgan fingerprint density at radius 1 is 1.67 bits per heavy atom. The quantitative estimate of drug-likeness (QED) is 0.397. The zero-order valence-corrected chi connectivity index (χ0v) is 3.74. The van der Waals surface area contributed by atoms with E-state index in [2.05, 4.69) is 6.58 Å². The summed E-state index contributed by atoms with van der Waals surface area (Å²) in [7, 11) is 0. The number of hydrogen-bond donors (Lipinski definition) is 0. The fourth-order valence-electron chi connectivity index (χ4n) is 0.505. The van der Waals surface area contributed by atoms with Crippen LogP contribution in [0.5, 0.6) is 0 Å². The van der Waals surface area contributed by atoms with E-state index < -0.39 is 0 Å². The van der Waals surface area contributed by atoms with Gasteiger partial charge in [0.2, 0.25) is 0 Å². The number of hydrogen-bond acceptors (Lipinski definition) is 1. The summed E-state index contributed by atoms with van der Waals surface area (Å²) in [6.45, 7) is 5.41. The molecule has 0 saturated carbocycles. The summed E-state index contributed by atoms with van der Waals surface area (Å²) in [6, 6.07) is 0. The minimum Gasteiger partial charge on any atom is -0.377 e. The maximum absolute atomic E-state index is 4.96. The molecule has 0 aromatic rings. The maximum atomic E-state index is 4.96. The Labute approximate surface area is 37.6 Å². The van der Waals surface area contributed by atoms with E-state index in [9.17, 15) is 0 Å². The molecule has 0 N–H and O–H groups in total. The molecule has 0 aromatic carbocycles. The van der Waals surface area contributed by atoms with Gasteiger partial charge in [-0.15, -0.1) is 0 Å². The molecular weight excluding hydrogens is 76.1 g/mol. The van der Waals surface area contributed by atoms with Crippen LogP contribution >= 0.6 is 0 Å². The van der Waals surface area contributed by atoms with Gasteiger partial charge < -0.3 is 4.74 Å². The van der Waals surface area contributed by atoms with Crippen LogP contribution in [0, 0.1) is 0 Å². The van der Waals surface area contributed by atoms with Crippen molar-refractivity contribution in [1.29, 1.82) is 0 Å². The van der Waals surface area contributed by atoms with E-state index in [0.29, 0.717) is 0 Å². The van der Waals surface area contributed by atoms with E-state index >= 15 is 0 Å². The normalized spacial score (nSPS) is 22.3. The summed E-state index contributed by atoms with van der Waals surface area (Å²) in [5.41, 5.74) is 1.23. The van der Waals surface area contributed by atoms with Crippen LogP contribution in [0.3, 0.4) is 0 Å². The van der Waals surface area contributed by atoms with Crippen LogP contribution in [-0.4, -0.2) is 13.2 Å². The fourth-order valence-corrected chi connectivity index (χ4v) is 0.505. The third-order valence-electron chi connectivity index (χ3n) is 0.906. The first-order valence-electron chi connectivity index (χ1n) is 2.14. The largest absolute Gasteiger partial charge is 0.377 e. The summed E-state index contributed by atoms with van der Waals surface area (Å²) in [5, 5.41) is 0. The Bertz CT molecular complexity index is 58.3. The molecule has 0 aliphatic carbocycles. The standard InChI is InChI=1S/C5H8O/c1-5-2-3-6-4-5/h1-4H2. The lowest BCUT2D eigenvalue weighted by Gasteiger charge is -1.79. The molecule has 1 nitrogen and oxygen atoms in total. The summed E-state index contributed by atoms with van der Waals surface area (Å²) in [6.07, 6.45) is 1.07. The fraction of sp³-hybridized carbons (Fsp3) is 0.600. The van der Waals surface area contributed by atoms with Crippen LogP contribution in [0.15, 0.2) is 12.2 Å². The van der Waals surface area contributed by atoms with E-state index in [1.807, 2.05) is 0 Å². The minimum absolute atomic E-state index is 0.792. The van der Waals surface area contributed by atoms with Gasteiger partial charge in [-0.05, 0) is 12.0 Å². The Kier molecular flexibility index (Phi) is 0.926. The second kappa shape index (κ2) is 1.43. The van der Waals surface area contributed by atoms with Gasteiger partial charge in [0.1, 0.15) is 0 Å². The average molecular weight is 84.1 g/mol. The van der Waals surface area contributed by atoms with Crippen LogP contribution < -0.4 is 0 Å². The van der Waals surface area contributed by atoms with Crippen molar-refractivity contribution in [2.75, 3.05) is 13.2 Å². The molecule has 0 unspecified atom stereocenters. The van der Waals surface area contributed by atoms with Gasteiger partial charge in [-0.1, -0.05) is 6.58 Å². The second-order valence-corrected chi connectivity index (χ2v) is 1.55. The van der Waals surface area contributed by atoms with E-state index in [4.69, 9.17) is 4.74 Å². The Balaban J connectivity index is 2.37. The van der Waals surface area contributed by atoms with Gasteiger partial charge in [0.15, 0.2) is 0 Å². The molecule has 0 aromatic heterocycles. The van der Waals surface area contributed by atoms with Crippen molar-refractivity contribution in [2.24, 2.45) is 0 Å². The summed E-state index contributed by atoms with van der Waals surface area (Å²) < 4.78 is 4.96. The third kappa shape index (κ3) is 0.601. The van der Waals surface area contributed by atoms with Gasteiger partial charge >= 0.3 is 0 Å². The van der Waals surface area contributed by atoms with Crippen molar-refractivity contribution in [3.63, 3.8) is 0 Å². The lowest BCUT2D eigenvalue weighted by Crippen LogP contribution is -1.76. The van der Waals surface area contributed by atoms with Crippen molar-refractivity contribution in [2.45, 2.75) is 6.42 Å². The van der Waals surface area contributed by atoms with Crippen LogP contribution in [-0.2, 0) is 4.74 Å². The predicted octanol–water partition coefficient (Wildman–Crippen LogP) is 0.963. The van der Waals surface area contributed by atoms with Gasteiger partial charge in [0.25, 0.3) is 0 Å². The van der Waals surface area contributed by atoms with E-state index in [1.165, 1.54) is 5.57 Å². The first-order valence-corrected chi connectivity index (χ1v) is 2.14. The molecule has 0 atom stereocenters. The highest BCUT2D eigenvalue weighted by molar-refractivity contribution is 4.97. The molecule has 1 fully saturated rings. The van der Waals surface area contributed by atoms with Crippen LogP contribution in [0.25, 0.3) is 0 Å². The molecule has 0 amide bonds. The van der Waals surface area contributed by atoms with Crippen LogP contribution in [0.4, 0.5) is 0 Å². The summed E-state index contributed by atoms with van der Waals surface area (Å²) in [4.78, 5) is 0. The van der Waals surface area contributed by atoms with Crippen molar-refractivity contribution in [3.8, 4) is 0 Å². The topological polar surface area (TPSA) is 9.23 Å². The van der Waals surface area contributed by atoms with Gasteiger partial charge in [-0.2, -0.15) is 0 Å². The third-order valence-corrected chi connectivity index (χ3v) is 0.906. The average Bonchev–Trinajstić information content (AvgIpc) is 1.86. The smallest absolute Gasteiger partial charge is 0.0675 e. The lowest BCUT2D eigenvalue weighted by molar-refractivity contribution is 0.205. The molecule has 0 radical (unpaired) electrons. The van der Waals surface area contributed by atoms with Crippen LogP contribution in [0.1, 0.15) is 6.42 Å². The van der Waals surface area contributed by atoms with Crippen molar-refractivity contribution >= 4 is 0 Å². The highest BCUT2D eigenvalue weighted by atomic mass is 16.5. The number of ether oxygens (including phenoxy) is 1. The monoisotopic (exact) mass is 84.1 g/mol. The highest BCUT2D eigenvalue weighted by Gasteiger charge is 2.00. The summed E-state index contributed by atoms with van der Waals surface area (Å²) >= 11 is 0. The van der Waals surface area contributed by atoms with Crippen molar-refractivity contribution in [3.05, 3.63) is 12.2 Å². The summed E-state index contributed by atoms with van der Waals surface area (Å²) in [5.74, 6) is 0. The van der Waals surface area contributed by atoms with E-state index in [1.54, 1.807) is 0 Å². The van der Waals surface area contributed by atoms with Crippen molar-refractivity contribution < 1.29 is 4.74 Å². The van der Waals surface area contributed by atoms with Crippen molar-refractivity contribution in [1.82, 2.24) is 0 Å². The molecule has 1 saturated heterocycles. The first-order chi connectivity index (χ1) is 2.89. The van der Waals surface area contributed by atoms with E-state index in [0.717, 1.165) is 19.6 Å². The predicted molar refractivity (Wildman–Crippen MR) is 24.6 cm³/mol. The first kappa shape index (κ1) is 3.88. The van der Waals surface area contributed by atoms with Gasteiger partial charge in [-0.3, -0.25) is 0 Å². The molecular formula is C5H8O. The molecule has 0 bridgehead atoms. The second-order valence-electron chi connectivity index (χ2n) is 1.55. The Morgan fingerprint density at radius 3 is 2.67 bits per heavy atom. The van der Waals surface area contributed by atoms with Gasteiger partial charge in [-0.25, -0.2) is 0 Å². The SMILES string of the molecule is C=C1CCOC1. The Morgan fingerprint density at radius 2 is 2.50 bits per heavy atom. The molecule has 1 heterocycles. The van der Waals surface area contributed by atoms with Crippen LogP contribution in [0.2, 0.25) is 0 Å². The molecule has 34 valence electrons. The Hall–Kier alpha value is -0.300. The lowest BCUT2D eigenvalue weighted by atomic mass is 10.3. The van der Waals surface area contributed by atoms with Gasteiger partial charge in [0, 0.05) is 0 Å². The van der Waals surface area contributed by atoms with Gasteiger partial charge in [0.05, 0.1) is 13.2 Å². The maximum Gasteiger partial charge on any atom is 0.0675 e. The zero-order chi connectivity index (χ0) is 4.41.